The molecule has 1 saturated heterocycles. The Bertz CT molecular complexity index is 248. The summed E-state index contributed by atoms with van der Waals surface area (Å²) in [5, 5.41) is 3.97. The van der Waals surface area contributed by atoms with Crippen molar-refractivity contribution in [2.45, 2.75) is 57.4 Å². The van der Waals surface area contributed by atoms with E-state index in [0.29, 0.717) is 12.1 Å². The third-order valence-electron chi connectivity index (χ3n) is 3.77. The molecule has 0 aliphatic carbocycles. The van der Waals surface area contributed by atoms with Crippen molar-refractivity contribution >= 4 is 10.8 Å². The Balaban J connectivity index is 2.47. The van der Waals surface area contributed by atoms with Gasteiger partial charge in [0, 0.05) is 40.9 Å². The molecule has 0 aromatic heterocycles. The number of nitrogens with one attached hydrogen (secondary N) is 1. The van der Waals surface area contributed by atoms with Crippen LogP contribution in [0.5, 0.6) is 0 Å². The normalized spacial score (nSPS) is 31.5. The van der Waals surface area contributed by atoms with Crippen molar-refractivity contribution in [2.24, 2.45) is 0 Å². The number of hydrogen-bond acceptors (Lipinski definition) is 3. The topological polar surface area (TPSA) is 32.3 Å². The van der Waals surface area contributed by atoms with Crippen LogP contribution >= 0.6 is 0 Å². The molecule has 0 aromatic rings. The summed E-state index contributed by atoms with van der Waals surface area (Å²) >= 11 is 0. The van der Waals surface area contributed by atoms with Crippen LogP contribution in [-0.4, -0.2) is 52.3 Å². The molecule has 0 radical (unpaired) electrons. The highest BCUT2D eigenvalue weighted by atomic mass is 32.2. The number of rotatable bonds is 4. The molecule has 1 fully saturated rings. The molecule has 102 valence electrons. The summed E-state index contributed by atoms with van der Waals surface area (Å²) in [6.45, 7) is 9.86. The molecule has 4 heteroatoms. The molecule has 0 amide bonds. The third kappa shape index (κ3) is 5.49. The van der Waals surface area contributed by atoms with Crippen LogP contribution in [0.25, 0.3) is 0 Å². The highest BCUT2D eigenvalue weighted by Crippen LogP contribution is 2.10. The van der Waals surface area contributed by atoms with Crippen LogP contribution in [0.15, 0.2) is 0 Å². The van der Waals surface area contributed by atoms with E-state index in [1.807, 2.05) is 6.26 Å². The lowest BCUT2D eigenvalue weighted by Gasteiger charge is -2.32. The molecule has 4 atom stereocenters. The summed E-state index contributed by atoms with van der Waals surface area (Å²) < 4.78 is 11.4. The van der Waals surface area contributed by atoms with Crippen LogP contribution in [0.2, 0.25) is 0 Å². The maximum absolute atomic E-state index is 11.4. The predicted molar refractivity (Wildman–Crippen MR) is 75.9 cm³/mol. The molecule has 3 nitrogen and oxygen atoms in total. The molecular weight excluding hydrogens is 232 g/mol. The summed E-state index contributed by atoms with van der Waals surface area (Å²) in [6.07, 6.45) is 5.42. The highest BCUT2D eigenvalue weighted by molar-refractivity contribution is 7.84. The van der Waals surface area contributed by atoms with E-state index < -0.39 is 10.8 Å². The molecule has 4 unspecified atom stereocenters. The van der Waals surface area contributed by atoms with Crippen LogP contribution in [0.1, 0.15) is 40.0 Å². The van der Waals surface area contributed by atoms with Crippen molar-refractivity contribution in [1.82, 2.24) is 10.2 Å². The smallest absolute Gasteiger partial charge is 0.0444 e. The van der Waals surface area contributed by atoms with Crippen LogP contribution < -0.4 is 5.32 Å². The standard InChI is InChI=1S/C13H28N2OS/c1-5-13-7-9-15(8-6-11(2)14-13)10-12(3)17(4)16/h11-14H,5-10H2,1-4H3. The molecule has 1 aliphatic rings. The SMILES string of the molecule is CCC1CCN(CC(C)S(C)=O)CCC(C)N1. The summed E-state index contributed by atoms with van der Waals surface area (Å²) in [5.41, 5.74) is 0. The average Bonchev–Trinajstić information content (AvgIpc) is 2.27. The largest absolute Gasteiger partial charge is 0.311 e. The fourth-order valence-electron chi connectivity index (χ4n) is 2.37. The van der Waals surface area contributed by atoms with Gasteiger partial charge in [0.25, 0.3) is 0 Å². The Hall–Kier alpha value is 0.0700. The zero-order chi connectivity index (χ0) is 12.8. The van der Waals surface area contributed by atoms with E-state index >= 15 is 0 Å². The average molecular weight is 260 g/mol. The molecular formula is C13H28N2OS. The van der Waals surface area contributed by atoms with Gasteiger partial charge in [-0.05, 0) is 46.2 Å². The summed E-state index contributed by atoms with van der Waals surface area (Å²) in [7, 11) is -0.699. The van der Waals surface area contributed by atoms with Crippen molar-refractivity contribution in [2.75, 3.05) is 25.9 Å². The van der Waals surface area contributed by atoms with Gasteiger partial charge in [0.15, 0.2) is 0 Å². The van der Waals surface area contributed by atoms with Gasteiger partial charge in [0.05, 0.1) is 0 Å². The van der Waals surface area contributed by atoms with E-state index in [1.165, 1.54) is 19.3 Å². The van der Waals surface area contributed by atoms with Gasteiger partial charge in [0.2, 0.25) is 0 Å². The van der Waals surface area contributed by atoms with Crippen LogP contribution in [0, 0.1) is 0 Å². The van der Waals surface area contributed by atoms with E-state index in [9.17, 15) is 4.21 Å². The summed E-state index contributed by atoms with van der Waals surface area (Å²) in [4.78, 5) is 2.49. The molecule has 0 spiro atoms. The quantitative estimate of drug-likeness (QED) is 0.833. The molecule has 17 heavy (non-hydrogen) atoms. The lowest BCUT2D eigenvalue weighted by atomic mass is 10.1. The van der Waals surface area contributed by atoms with Crippen LogP contribution in [0.3, 0.4) is 0 Å². The number of nitrogens with zero attached hydrogens (tertiary/aromatic N) is 1. The second-order valence-electron chi connectivity index (χ2n) is 5.36. The molecule has 0 aromatic carbocycles. The Morgan fingerprint density at radius 3 is 2.65 bits per heavy atom. The van der Waals surface area contributed by atoms with E-state index in [0.717, 1.165) is 19.6 Å². The minimum atomic E-state index is -0.699. The Kier molecular flexibility index (Phi) is 6.67. The zero-order valence-electron chi connectivity index (χ0n) is 11.7. The van der Waals surface area contributed by atoms with Gasteiger partial charge in [-0.2, -0.15) is 0 Å². The summed E-state index contributed by atoms with van der Waals surface area (Å²) in [6, 6.07) is 1.25. The van der Waals surface area contributed by atoms with Gasteiger partial charge in [-0.15, -0.1) is 0 Å². The maximum atomic E-state index is 11.4. The second kappa shape index (κ2) is 7.49. The molecule has 1 N–H and O–H groups in total. The van der Waals surface area contributed by atoms with Crippen molar-refractivity contribution in [3.63, 3.8) is 0 Å². The van der Waals surface area contributed by atoms with Crippen molar-refractivity contribution in [1.29, 1.82) is 0 Å². The van der Waals surface area contributed by atoms with Crippen LogP contribution in [0.4, 0.5) is 0 Å². The molecule has 1 aliphatic heterocycles. The van der Waals surface area contributed by atoms with Gasteiger partial charge in [-0.25, -0.2) is 0 Å². The van der Waals surface area contributed by atoms with E-state index in [4.69, 9.17) is 0 Å². The lowest BCUT2D eigenvalue weighted by Crippen LogP contribution is -2.45. The Morgan fingerprint density at radius 2 is 2.06 bits per heavy atom. The van der Waals surface area contributed by atoms with Crippen molar-refractivity contribution < 1.29 is 4.21 Å². The second-order valence-corrected chi connectivity index (χ2v) is 7.16. The first-order chi connectivity index (χ1) is 8.02. The monoisotopic (exact) mass is 260 g/mol. The minimum Gasteiger partial charge on any atom is -0.311 e. The molecule has 0 bridgehead atoms. The number of hydrogen-bond donors (Lipinski definition) is 1. The third-order valence-corrected chi connectivity index (χ3v) is 5.05. The first-order valence-corrected chi connectivity index (χ1v) is 8.45. The predicted octanol–water partition coefficient (Wildman–Crippen LogP) is 1.61. The Morgan fingerprint density at radius 1 is 1.41 bits per heavy atom. The van der Waals surface area contributed by atoms with Crippen molar-refractivity contribution in [3.8, 4) is 0 Å². The van der Waals surface area contributed by atoms with Gasteiger partial charge in [-0.1, -0.05) is 6.92 Å². The Labute approximate surface area is 109 Å². The maximum Gasteiger partial charge on any atom is 0.0444 e. The summed E-state index contributed by atoms with van der Waals surface area (Å²) in [5.74, 6) is 0. The van der Waals surface area contributed by atoms with Crippen LogP contribution in [-0.2, 0) is 10.8 Å². The highest BCUT2D eigenvalue weighted by Gasteiger charge is 2.19. The molecule has 1 rings (SSSR count). The van der Waals surface area contributed by atoms with Gasteiger partial charge in [-0.3, -0.25) is 4.21 Å². The molecule has 0 saturated carbocycles. The van der Waals surface area contributed by atoms with E-state index in [1.54, 1.807) is 0 Å². The van der Waals surface area contributed by atoms with Gasteiger partial charge >= 0.3 is 0 Å². The fraction of sp³-hybridized carbons (Fsp3) is 1.00. The molecule has 1 heterocycles. The van der Waals surface area contributed by atoms with Gasteiger partial charge < -0.3 is 10.2 Å². The lowest BCUT2D eigenvalue weighted by molar-refractivity contribution is 0.214. The first-order valence-electron chi connectivity index (χ1n) is 6.83. The van der Waals surface area contributed by atoms with E-state index in [-0.39, 0.29) is 5.25 Å². The van der Waals surface area contributed by atoms with Crippen molar-refractivity contribution in [3.05, 3.63) is 0 Å². The zero-order valence-corrected chi connectivity index (χ0v) is 12.6. The fourth-order valence-corrected chi connectivity index (χ4v) is 2.79. The van der Waals surface area contributed by atoms with Gasteiger partial charge in [0.1, 0.15) is 0 Å². The van der Waals surface area contributed by atoms with E-state index in [2.05, 4.69) is 31.0 Å². The first kappa shape index (κ1) is 15.1. The minimum absolute atomic E-state index is 0.290.